The van der Waals surface area contributed by atoms with Gasteiger partial charge in [-0.2, -0.15) is 0 Å². The van der Waals surface area contributed by atoms with E-state index in [1.165, 1.54) is 31.4 Å². The van der Waals surface area contributed by atoms with Crippen molar-refractivity contribution in [2.75, 3.05) is 13.1 Å². The van der Waals surface area contributed by atoms with Crippen molar-refractivity contribution in [2.45, 2.75) is 58.4 Å². The van der Waals surface area contributed by atoms with Gasteiger partial charge in [0, 0.05) is 23.9 Å². The van der Waals surface area contributed by atoms with Crippen LogP contribution < -0.4 is 5.32 Å². The molecule has 0 radical (unpaired) electrons. The zero-order valence-electron chi connectivity index (χ0n) is 12.1. The molecule has 0 saturated carbocycles. The van der Waals surface area contributed by atoms with E-state index in [9.17, 15) is 0 Å². The highest BCUT2D eigenvalue weighted by Crippen LogP contribution is 2.32. The first-order valence-electron chi connectivity index (χ1n) is 7.33. The molecule has 18 heavy (non-hydrogen) atoms. The van der Waals surface area contributed by atoms with Crippen LogP contribution in [0, 0.1) is 5.92 Å². The normalized spacial score (nSPS) is 19.3. The van der Waals surface area contributed by atoms with E-state index >= 15 is 0 Å². The smallest absolute Gasteiger partial charge is 0.0948 e. The van der Waals surface area contributed by atoms with E-state index in [0.717, 1.165) is 25.6 Å². The number of aromatic nitrogens is 2. The molecule has 1 aromatic heterocycles. The largest absolute Gasteiger partial charge is 0.334 e. The Morgan fingerprint density at radius 3 is 2.78 bits per heavy atom. The number of nitrogens with zero attached hydrogens (tertiary/aromatic N) is 2. The maximum absolute atomic E-state index is 4.38. The average Bonchev–Trinajstić information content (AvgIpc) is 2.78. The van der Waals surface area contributed by atoms with Crippen LogP contribution in [0.5, 0.6) is 0 Å². The average molecular weight is 249 g/mol. The Labute approximate surface area is 111 Å². The van der Waals surface area contributed by atoms with Crippen LogP contribution in [0.1, 0.15) is 52.1 Å². The molecule has 1 saturated heterocycles. The first-order chi connectivity index (χ1) is 8.62. The van der Waals surface area contributed by atoms with Gasteiger partial charge in [-0.1, -0.05) is 20.8 Å². The predicted octanol–water partition coefficient (Wildman–Crippen LogP) is 2.96. The van der Waals surface area contributed by atoms with Gasteiger partial charge < -0.3 is 9.88 Å². The summed E-state index contributed by atoms with van der Waals surface area (Å²) >= 11 is 0. The molecule has 102 valence electrons. The summed E-state index contributed by atoms with van der Waals surface area (Å²) in [7, 11) is 0. The van der Waals surface area contributed by atoms with Gasteiger partial charge in [-0.15, -0.1) is 0 Å². The zero-order valence-corrected chi connectivity index (χ0v) is 12.1. The number of nitrogens with one attached hydrogen (secondary N) is 1. The summed E-state index contributed by atoms with van der Waals surface area (Å²) in [6.45, 7) is 10.4. The maximum Gasteiger partial charge on any atom is 0.0948 e. The molecule has 0 spiro atoms. The minimum absolute atomic E-state index is 0.319. The van der Waals surface area contributed by atoms with Gasteiger partial charge in [0.25, 0.3) is 0 Å². The number of hydrogen-bond donors (Lipinski definition) is 1. The van der Waals surface area contributed by atoms with Gasteiger partial charge in [0.15, 0.2) is 0 Å². The van der Waals surface area contributed by atoms with Crippen LogP contribution in [0.15, 0.2) is 12.5 Å². The van der Waals surface area contributed by atoms with Gasteiger partial charge >= 0.3 is 0 Å². The van der Waals surface area contributed by atoms with Crippen LogP contribution in [0.3, 0.4) is 0 Å². The second kappa shape index (κ2) is 5.87. The summed E-state index contributed by atoms with van der Waals surface area (Å²) in [6, 6.07) is 0. The van der Waals surface area contributed by atoms with Crippen LogP contribution in [-0.4, -0.2) is 22.6 Å². The summed E-state index contributed by atoms with van der Waals surface area (Å²) in [5, 5.41) is 3.45. The second-order valence-electron chi connectivity index (χ2n) is 6.32. The highest BCUT2D eigenvalue weighted by molar-refractivity contribution is 5.15. The van der Waals surface area contributed by atoms with Crippen molar-refractivity contribution in [1.29, 1.82) is 0 Å². The first kappa shape index (κ1) is 13.6. The Hall–Kier alpha value is -0.830. The quantitative estimate of drug-likeness (QED) is 0.869. The number of hydrogen-bond acceptors (Lipinski definition) is 2. The number of piperidine rings is 1. The molecule has 0 unspecified atom stereocenters. The van der Waals surface area contributed by atoms with Crippen LogP contribution in [0.25, 0.3) is 0 Å². The summed E-state index contributed by atoms with van der Waals surface area (Å²) in [4.78, 5) is 4.38. The van der Waals surface area contributed by atoms with Crippen LogP contribution in [-0.2, 0) is 12.0 Å². The highest BCUT2D eigenvalue weighted by atomic mass is 15.1. The summed E-state index contributed by atoms with van der Waals surface area (Å²) in [5.41, 5.74) is 1.76. The maximum atomic E-state index is 4.38. The van der Waals surface area contributed by atoms with Crippen LogP contribution in [0.2, 0.25) is 0 Å². The molecule has 0 aliphatic carbocycles. The topological polar surface area (TPSA) is 29.9 Å². The third-order valence-electron chi connectivity index (χ3n) is 4.22. The first-order valence-corrected chi connectivity index (χ1v) is 7.33. The van der Waals surface area contributed by atoms with Crippen LogP contribution >= 0.6 is 0 Å². The number of rotatable bonds is 5. The lowest BCUT2D eigenvalue weighted by Gasteiger charge is -2.34. The van der Waals surface area contributed by atoms with E-state index in [4.69, 9.17) is 0 Å². The van der Waals surface area contributed by atoms with Gasteiger partial charge in [0.1, 0.15) is 0 Å². The molecule has 2 heterocycles. The highest BCUT2D eigenvalue weighted by Gasteiger charge is 2.31. The Morgan fingerprint density at radius 1 is 1.39 bits per heavy atom. The molecule has 1 aromatic rings. The van der Waals surface area contributed by atoms with Gasteiger partial charge in [-0.25, -0.2) is 4.98 Å². The molecule has 1 aliphatic rings. The van der Waals surface area contributed by atoms with E-state index in [2.05, 4.69) is 41.8 Å². The Balaban J connectivity index is 2.02. The van der Waals surface area contributed by atoms with E-state index < -0.39 is 0 Å². The fraction of sp³-hybridized carbons (Fsp3) is 0.800. The molecule has 0 amide bonds. The number of imidazole rings is 1. The third-order valence-corrected chi connectivity index (χ3v) is 4.22. The molecule has 0 aromatic carbocycles. The molecule has 1 aliphatic heterocycles. The monoisotopic (exact) mass is 249 g/mol. The lowest BCUT2D eigenvalue weighted by atomic mass is 9.78. The standard InChI is InChI=1S/C15H27N3/c1-13(2)5-4-10-18-12-17-11-14(18)15(3)6-8-16-9-7-15/h11-13,16H,4-10H2,1-3H3. The minimum atomic E-state index is 0.319. The van der Waals surface area contributed by atoms with E-state index in [1.54, 1.807) is 0 Å². The molecule has 2 rings (SSSR count). The minimum Gasteiger partial charge on any atom is -0.334 e. The van der Waals surface area contributed by atoms with Crippen molar-refractivity contribution in [3.63, 3.8) is 0 Å². The lowest BCUT2D eigenvalue weighted by Crippen LogP contribution is -2.39. The Morgan fingerprint density at radius 2 is 2.11 bits per heavy atom. The zero-order chi connectivity index (χ0) is 13.0. The van der Waals surface area contributed by atoms with Crippen molar-refractivity contribution in [1.82, 2.24) is 14.9 Å². The molecule has 3 nitrogen and oxygen atoms in total. The molecule has 1 fully saturated rings. The molecule has 0 atom stereocenters. The molecule has 3 heteroatoms. The SMILES string of the molecule is CC(C)CCCn1cncc1C1(C)CCNCC1. The van der Waals surface area contributed by atoms with Crippen molar-refractivity contribution < 1.29 is 0 Å². The van der Waals surface area contributed by atoms with Crippen molar-refractivity contribution in [2.24, 2.45) is 5.92 Å². The van der Waals surface area contributed by atoms with Gasteiger partial charge in [0.05, 0.1) is 6.33 Å². The van der Waals surface area contributed by atoms with Crippen molar-refractivity contribution in [3.05, 3.63) is 18.2 Å². The summed E-state index contributed by atoms with van der Waals surface area (Å²) in [6.07, 6.45) is 9.11. The molecular formula is C15H27N3. The summed E-state index contributed by atoms with van der Waals surface area (Å²) < 4.78 is 2.38. The Bertz CT molecular complexity index is 362. The van der Waals surface area contributed by atoms with Gasteiger partial charge in [0.2, 0.25) is 0 Å². The molecule has 1 N–H and O–H groups in total. The van der Waals surface area contributed by atoms with Crippen LogP contribution in [0.4, 0.5) is 0 Å². The lowest BCUT2D eigenvalue weighted by molar-refractivity contribution is 0.315. The van der Waals surface area contributed by atoms with Gasteiger partial charge in [-0.05, 0) is 44.7 Å². The van der Waals surface area contributed by atoms with E-state index in [-0.39, 0.29) is 0 Å². The third kappa shape index (κ3) is 3.14. The van der Waals surface area contributed by atoms with Crippen molar-refractivity contribution in [3.8, 4) is 0 Å². The predicted molar refractivity (Wildman–Crippen MR) is 75.8 cm³/mol. The summed E-state index contributed by atoms with van der Waals surface area (Å²) in [5.74, 6) is 0.798. The van der Waals surface area contributed by atoms with E-state index in [1.807, 2.05) is 6.33 Å². The second-order valence-corrected chi connectivity index (χ2v) is 6.32. The fourth-order valence-electron chi connectivity index (χ4n) is 2.91. The fourth-order valence-corrected chi connectivity index (χ4v) is 2.91. The van der Waals surface area contributed by atoms with Gasteiger partial charge in [-0.3, -0.25) is 0 Å². The van der Waals surface area contributed by atoms with E-state index in [0.29, 0.717) is 5.41 Å². The molecule has 0 bridgehead atoms. The Kier molecular flexibility index (Phi) is 4.44. The molecular weight excluding hydrogens is 222 g/mol. The number of aryl methyl sites for hydroxylation is 1. The van der Waals surface area contributed by atoms with Crippen molar-refractivity contribution >= 4 is 0 Å².